The Morgan fingerprint density at radius 2 is 2.06 bits per heavy atom. The third-order valence-electron chi connectivity index (χ3n) is 1.73. The Morgan fingerprint density at radius 3 is 2.44 bits per heavy atom. The molecule has 0 atom stereocenters. The lowest BCUT2D eigenvalue weighted by Crippen LogP contribution is -2.12. The maximum absolute atomic E-state index is 10.7. The van der Waals surface area contributed by atoms with Crippen molar-refractivity contribution in [2.75, 3.05) is 7.11 Å². The molecule has 1 aromatic rings. The molecule has 0 saturated heterocycles. The quantitative estimate of drug-likeness (QED) is 0.757. The van der Waals surface area contributed by atoms with Gasteiger partial charge in [-0.2, -0.15) is 5.26 Å². The van der Waals surface area contributed by atoms with Gasteiger partial charge in [0.05, 0.1) is 12.7 Å². The molecule has 0 spiro atoms. The predicted octanol–water partition coefficient (Wildman–Crippen LogP) is 0.358. The normalized spacial score (nSPS) is 9.25. The summed E-state index contributed by atoms with van der Waals surface area (Å²) < 4.78 is 4.67. The van der Waals surface area contributed by atoms with Gasteiger partial charge in [0.15, 0.2) is 5.69 Å². The van der Waals surface area contributed by atoms with Crippen molar-refractivity contribution >= 4 is 11.9 Å². The average molecular weight is 222 g/mol. The number of hydrogen-bond donors (Lipinski definition) is 2. The Bertz CT molecular complexity index is 503. The van der Waals surface area contributed by atoms with Crippen LogP contribution in [-0.2, 0) is 0 Å². The molecule has 0 unspecified atom stereocenters. The molecule has 7 heteroatoms. The molecule has 0 aliphatic heterocycles. The molecule has 0 aromatic carbocycles. The maximum atomic E-state index is 10.7. The minimum absolute atomic E-state index is 0.134. The average Bonchev–Trinajstić information content (AvgIpc) is 2.26. The SMILES string of the molecule is COc1nc(C(=O)O)c(C(=O)O)cc1C#N. The molecule has 0 radical (unpaired) electrons. The third kappa shape index (κ3) is 1.90. The number of nitrogens with zero attached hydrogens (tertiary/aromatic N) is 2. The molecule has 1 heterocycles. The van der Waals surface area contributed by atoms with Crippen molar-refractivity contribution < 1.29 is 24.5 Å². The van der Waals surface area contributed by atoms with E-state index in [4.69, 9.17) is 15.5 Å². The van der Waals surface area contributed by atoms with E-state index in [-0.39, 0.29) is 11.4 Å². The monoisotopic (exact) mass is 222 g/mol. The molecule has 16 heavy (non-hydrogen) atoms. The van der Waals surface area contributed by atoms with E-state index in [0.717, 1.165) is 6.07 Å². The Morgan fingerprint density at radius 1 is 1.44 bits per heavy atom. The lowest BCUT2D eigenvalue weighted by molar-refractivity contribution is 0.0645. The summed E-state index contributed by atoms with van der Waals surface area (Å²) >= 11 is 0. The van der Waals surface area contributed by atoms with E-state index in [0.29, 0.717) is 0 Å². The van der Waals surface area contributed by atoms with Crippen molar-refractivity contribution in [3.8, 4) is 11.9 Å². The van der Waals surface area contributed by atoms with Crippen LogP contribution in [0, 0.1) is 11.3 Å². The summed E-state index contributed by atoms with van der Waals surface area (Å²) in [6.07, 6.45) is 0. The van der Waals surface area contributed by atoms with E-state index < -0.39 is 23.2 Å². The highest BCUT2D eigenvalue weighted by molar-refractivity contribution is 6.00. The van der Waals surface area contributed by atoms with Gasteiger partial charge in [-0.3, -0.25) is 0 Å². The molecule has 0 bridgehead atoms. The summed E-state index contributed by atoms with van der Waals surface area (Å²) in [5.41, 5.74) is -1.35. The van der Waals surface area contributed by atoms with Crippen molar-refractivity contribution in [2.24, 2.45) is 0 Å². The van der Waals surface area contributed by atoms with Gasteiger partial charge in [0.1, 0.15) is 11.6 Å². The highest BCUT2D eigenvalue weighted by Crippen LogP contribution is 2.19. The van der Waals surface area contributed by atoms with E-state index in [1.807, 2.05) is 0 Å². The summed E-state index contributed by atoms with van der Waals surface area (Å²) in [5.74, 6) is -3.19. The van der Waals surface area contributed by atoms with Gasteiger partial charge >= 0.3 is 11.9 Å². The number of rotatable bonds is 3. The van der Waals surface area contributed by atoms with Gasteiger partial charge in [0.25, 0.3) is 0 Å². The Balaban J connectivity index is 3.55. The van der Waals surface area contributed by atoms with Crippen LogP contribution in [0.4, 0.5) is 0 Å². The lowest BCUT2D eigenvalue weighted by atomic mass is 10.1. The van der Waals surface area contributed by atoms with Crippen LogP contribution in [0.25, 0.3) is 0 Å². The maximum Gasteiger partial charge on any atom is 0.355 e. The summed E-state index contributed by atoms with van der Waals surface area (Å²) in [7, 11) is 1.20. The summed E-state index contributed by atoms with van der Waals surface area (Å²) in [4.78, 5) is 24.9. The molecule has 1 rings (SSSR count). The molecule has 1 aromatic heterocycles. The van der Waals surface area contributed by atoms with Gasteiger partial charge < -0.3 is 14.9 Å². The zero-order chi connectivity index (χ0) is 12.3. The van der Waals surface area contributed by atoms with Gasteiger partial charge in [-0.1, -0.05) is 0 Å². The molecule has 2 N–H and O–H groups in total. The molecule has 82 valence electrons. The first-order valence-corrected chi connectivity index (χ1v) is 3.97. The number of nitriles is 1. The van der Waals surface area contributed by atoms with Crippen molar-refractivity contribution in [3.63, 3.8) is 0 Å². The summed E-state index contributed by atoms with van der Waals surface area (Å²) in [5, 5.41) is 26.2. The third-order valence-corrected chi connectivity index (χ3v) is 1.73. The van der Waals surface area contributed by atoms with E-state index in [9.17, 15) is 9.59 Å². The van der Waals surface area contributed by atoms with E-state index in [1.165, 1.54) is 7.11 Å². The molecule has 0 aliphatic rings. The topological polar surface area (TPSA) is 121 Å². The van der Waals surface area contributed by atoms with Crippen molar-refractivity contribution in [1.29, 1.82) is 5.26 Å². The van der Waals surface area contributed by atoms with Crippen LogP contribution in [0.2, 0.25) is 0 Å². The molecule has 0 saturated carbocycles. The molecule has 0 amide bonds. The number of aromatic nitrogens is 1. The first kappa shape index (κ1) is 11.5. The van der Waals surface area contributed by atoms with Crippen LogP contribution in [0.1, 0.15) is 26.4 Å². The van der Waals surface area contributed by atoms with E-state index >= 15 is 0 Å². The van der Waals surface area contributed by atoms with Crippen molar-refractivity contribution in [2.45, 2.75) is 0 Å². The molecular weight excluding hydrogens is 216 g/mol. The highest BCUT2D eigenvalue weighted by Gasteiger charge is 2.21. The van der Waals surface area contributed by atoms with Gasteiger partial charge in [-0.05, 0) is 6.07 Å². The Labute approximate surface area is 89.5 Å². The van der Waals surface area contributed by atoms with Gasteiger partial charge in [0.2, 0.25) is 5.88 Å². The standard InChI is InChI=1S/C9H6N2O5/c1-16-7-4(3-10)2-5(8(12)13)6(11-7)9(14)15/h2H,1H3,(H,12,13)(H,14,15). The first-order chi connectivity index (χ1) is 7.51. The Kier molecular flexibility index (Phi) is 3.06. The summed E-state index contributed by atoms with van der Waals surface area (Å²) in [6.45, 7) is 0. The molecular formula is C9H6N2O5. The van der Waals surface area contributed by atoms with Crippen LogP contribution >= 0.6 is 0 Å². The Hall–Kier alpha value is -2.62. The largest absolute Gasteiger partial charge is 0.480 e. The highest BCUT2D eigenvalue weighted by atomic mass is 16.5. The number of aromatic carboxylic acids is 2. The second kappa shape index (κ2) is 4.27. The van der Waals surface area contributed by atoms with Crippen LogP contribution in [0.15, 0.2) is 6.07 Å². The van der Waals surface area contributed by atoms with Crippen molar-refractivity contribution in [3.05, 3.63) is 22.9 Å². The molecule has 0 aliphatic carbocycles. The zero-order valence-corrected chi connectivity index (χ0v) is 8.09. The van der Waals surface area contributed by atoms with Crippen LogP contribution in [0.3, 0.4) is 0 Å². The number of methoxy groups -OCH3 is 1. The fourth-order valence-electron chi connectivity index (χ4n) is 1.06. The number of pyridine rings is 1. The smallest absolute Gasteiger partial charge is 0.355 e. The minimum Gasteiger partial charge on any atom is -0.480 e. The fourth-order valence-corrected chi connectivity index (χ4v) is 1.06. The predicted molar refractivity (Wildman–Crippen MR) is 49.4 cm³/mol. The zero-order valence-electron chi connectivity index (χ0n) is 8.09. The van der Waals surface area contributed by atoms with Crippen LogP contribution < -0.4 is 4.74 Å². The van der Waals surface area contributed by atoms with Gasteiger partial charge in [-0.15, -0.1) is 0 Å². The number of carboxylic acids is 2. The molecule has 7 nitrogen and oxygen atoms in total. The fraction of sp³-hybridized carbons (Fsp3) is 0.111. The number of hydrogen-bond acceptors (Lipinski definition) is 5. The minimum atomic E-state index is -1.50. The van der Waals surface area contributed by atoms with Gasteiger partial charge in [-0.25, -0.2) is 14.6 Å². The van der Waals surface area contributed by atoms with Crippen molar-refractivity contribution in [1.82, 2.24) is 4.98 Å². The second-order valence-corrected chi connectivity index (χ2v) is 2.66. The second-order valence-electron chi connectivity index (χ2n) is 2.66. The van der Waals surface area contributed by atoms with Gasteiger partial charge in [0, 0.05) is 0 Å². The van der Waals surface area contributed by atoms with Crippen LogP contribution in [0.5, 0.6) is 5.88 Å². The van der Waals surface area contributed by atoms with Crippen LogP contribution in [-0.4, -0.2) is 34.2 Å². The first-order valence-electron chi connectivity index (χ1n) is 3.97. The lowest BCUT2D eigenvalue weighted by Gasteiger charge is -2.05. The molecule has 0 fully saturated rings. The van der Waals surface area contributed by atoms with E-state index in [1.54, 1.807) is 6.07 Å². The number of ether oxygens (including phenoxy) is 1. The number of carboxylic acid groups (broad SMARTS) is 2. The number of carbonyl (C=O) groups is 2. The summed E-state index contributed by atoms with van der Waals surface area (Å²) in [6, 6.07) is 2.58. The van der Waals surface area contributed by atoms with E-state index in [2.05, 4.69) is 9.72 Å².